The molecule has 3 aromatic carbocycles. The summed E-state index contributed by atoms with van der Waals surface area (Å²) in [4.78, 5) is 17.6. The molecule has 0 fully saturated rings. The fourth-order valence-electron chi connectivity index (χ4n) is 3.49. The van der Waals surface area contributed by atoms with Crippen molar-refractivity contribution in [3.63, 3.8) is 0 Å². The molecule has 0 spiro atoms. The van der Waals surface area contributed by atoms with Gasteiger partial charge in [-0.25, -0.2) is 0 Å². The van der Waals surface area contributed by atoms with E-state index in [1.54, 1.807) is 18.2 Å². The Balaban J connectivity index is 1.86. The van der Waals surface area contributed by atoms with E-state index in [1.807, 2.05) is 24.1 Å². The van der Waals surface area contributed by atoms with Crippen LogP contribution in [0.5, 0.6) is 0 Å². The van der Waals surface area contributed by atoms with Crippen LogP contribution >= 0.6 is 0 Å². The number of benzene rings is 3. The number of aromatic nitrogens is 2. The molecule has 0 amide bonds. The van der Waals surface area contributed by atoms with E-state index in [9.17, 15) is 4.79 Å². The predicted octanol–water partition coefficient (Wildman–Crippen LogP) is 4.53. The fourth-order valence-corrected chi connectivity index (χ4v) is 3.49. The zero-order valence-corrected chi connectivity index (χ0v) is 16.8. The molecule has 2 N–H and O–H groups in total. The molecule has 0 atom stereocenters. The first-order valence-electron chi connectivity index (χ1n) is 9.49. The first kappa shape index (κ1) is 19.3. The molecule has 0 unspecified atom stereocenters. The van der Waals surface area contributed by atoms with Gasteiger partial charge < -0.3 is 4.90 Å². The third-order valence-corrected chi connectivity index (χ3v) is 5.16. The molecule has 0 bridgehead atoms. The number of aldehydes is 1. The number of nitrogens with one attached hydrogen (secondary N) is 2. The molecular formula is C24H21N5O. The van der Waals surface area contributed by atoms with Crippen LogP contribution in [0.15, 0.2) is 66.7 Å². The van der Waals surface area contributed by atoms with Crippen LogP contribution in [0.4, 0.5) is 11.5 Å². The van der Waals surface area contributed by atoms with Gasteiger partial charge in [0.1, 0.15) is 12.1 Å². The summed E-state index contributed by atoms with van der Waals surface area (Å²) >= 11 is 0. The number of fused-ring (bicyclic) bond motifs is 1. The van der Waals surface area contributed by atoms with Gasteiger partial charge in [0.2, 0.25) is 5.62 Å². The Hall–Kier alpha value is -4.06. The second-order valence-electron chi connectivity index (χ2n) is 7.13. The van der Waals surface area contributed by atoms with Gasteiger partial charge in [-0.3, -0.25) is 20.2 Å². The van der Waals surface area contributed by atoms with Crippen molar-refractivity contribution in [2.45, 2.75) is 6.92 Å². The third-order valence-electron chi connectivity index (χ3n) is 5.16. The Morgan fingerprint density at radius 1 is 1.00 bits per heavy atom. The van der Waals surface area contributed by atoms with Crippen molar-refractivity contribution < 1.29 is 4.79 Å². The van der Waals surface area contributed by atoms with Crippen LogP contribution in [0.3, 0.4) is 0 Å². The monoisotopic (exact) mass is 395 g/mol. The Bertz CT molecular complexity index is 1320. The van der Waals surface area contributed by atoms with Crippen molar-refractivity contribution in [2.24, 2.45) is 0 Å². The molecule has 1 heterocycles. The van der Waals surface area contributed by atoms with E-state index >= 15 is 0 Å². The molecule has 0 saturated heterocycles. The van der Waals surface area contributed by atoms with Crippen LogP contribution in [-0.4, -0.2) is 29.2 Å². The lowest BCUT2D eigenvalue weighted by molar-refractivity contribution is 0.112. The molecule has 4 rings (SSSR count). The zero-order valence-electron chi connectivity index (χ0n) is 16.8. The summed E-state index contributed by atoms with van der Waals surface area (Å²) in [6.07, 6.45) is 1.79. The molecular weight excluding hydrogens is 374 g/mol. The lowest BCUT2D eigenvalue weighted by Gasteiger charge is -2.22. The fraction of sp³-hybridized carbons (Fsp3) is 0.0833. The van der Waals surface area contributed by atoms with Gasteiger partial charge in [0.05, 0.1) is 11.9 Å². The summed E-state index contributed by atoms with van der Waals surface area (Å²) < 4.78 is 1.35. The lowest BCUT2D eigenvalue weighted by Crippen LogP contribution is -2.26. The highest BCUT2D eigenvalue weighted by atomic mass is 16.1. The average Bonchev–Trinajstić information content (AvgIpc) is 2.78. The summed E-state index contributed by atoms with van der Waals surface area (Å²) in [6, 6.07) is 21.7. The number of hydrogen-bond donors (Lipinski definition) is 2. The highest BCUT2D eigenvalue weighted by Crippen LogP contribution is 2.31. The Morgan fingerprint density at radius 3 is 2.47 bits per heavy atom. The van der Waals surface area contributed by atoms with Crippen molar-refractivity contribution >= 4 is 35.0 Å². The summed E-state index contributed by atoms with van der Waals surface area (Å²) in [6.45, 7) is 2.06. The molecule has 148 valence electrons. The number of rotatable bonds is 5. The number of hydrogen-bond acceptors (Lipinski definition) is 5. The molecule has 4 aromatic rings. The molecule has 6 nitrogen and oxygen atoms in total. The summed E-state index contributed by atoms with van der Waals surface area (Å²) in [5, 5.41) is 16.7. The van der Waals surface area contributed by atoms with Gasteiger partial charge in [0.25, 0.3) is 0 Å². The third kappa shape index (κ3) is 3.39. The average molecular weight is 395 g/mol. The van der Waals surface area contributed by atoms with Gasteiger partial charge in [-0.15, -0.1) is 0 Å². The lowest BCUT2D eigenvalue weighted by atomic mass is 10.0. The SMILES string of the molecule is Cc1ccc(-c2cccc(N(C)c3nc(=N)n(C=N)c4cc(C=O)ccc34)c2)cc1. The van der Waals surface area contributed by atoms with Crippen LogP contribution < -0.4 is 10.5 Å². The van der Waals surface area contributed by atoms with Gasteiger partial charge in [0.15, 0.2) is 0 Å². The Morgan fingerprint density at radius 2 is 1.77 bits per heavy atom. The molecule has 0 radical (unpaired) electrons. The minimum absolute atomic E-state index is 0.0721. The minimum atomic E-state index is -0.0721. The van der Waals surface area contributed by atoms with Gasteiger partial charge in [-0.2, -0.15) is 4.98 Å². The highest BCUT2D eigenvalue weighted by Gasteiger charge is 2.14. The quantitative estimate of drug-likeness (QED) is 0.296. The van der Waals surface area contributed by atoms with Gasteiger partial charge >= 0.3 is 0 Å². The Labute approximate surface area is 174 Å². The van der Waals surface area contributed by atoms with E-state index in [0.717, 1.165) is 34.8 Å². The number of aryl methyl sites for hydroxylation is 1. The van der Waals surface area contributed by atoms with Gasteiger partial charge in [-0.1, -0.05) is 48.0 Å². The smallest absolute Gasteiger partial charge is 0.229 e. The standard InChI is InChI=1S/C24H21N5O/c1-16-6-9-18(10-7-16)19-4-3-5-20(13-19)28(2)23-21-11-8-17(14-30)12-22(21)29(15-25)24(26)27-23/h3-15,25-26H,1-2H3. The molecule has 0 aliphatic rings. The van der Waals surface area contributed by atoms with E-state index < -0.39 is 0 Å². The van der Waals surface area contributed by atoms with Gasteiger partial charge in [0, 0.05) is 23.7 Å². The molecule has 0 aliphatic carbocycles. The zero-order chi connectivity index (χ0) is 21.3. The number of anilines is 2. The van der Waals surface area contributed by atoms with E-state index in [4.69, 9.17) is 10.8 Å². The highest BCUT2D eigenvalue weighted by molar-refractivity contribution is 5.97. The van der Waals surface area contributed by atoms with E-state index in [1.165, 1.54) is 10.1 Å². The summed E-state index contributed by atoms with van der Waals surface area (Å²) in [5.41, 5.74) is 5.35. The van der Waals surface area contributed by atoms with Crippen molar-refractivity contribution in [3.05, 3.63) is 83.5 Å². The normalized spacial score (nSPS) is 10.7. The Kier molecular flexibility index (Phi) is 4.98. The summed E-state index contributed by atoms with van der Waals surface area (Å²) in [5.74, 6) is 0.589. The van der Waals surface area contributed by atoms with Crippen LogP contribution in [0.25, 0.3) is 22.0 Å². The van der Waals surface area contributed by atoms with Crippen LogP contribution in [0.1, 0.15) is 15.9 Å². The second-order valence-corrected chi connectivity index (χ2v) is 7.13. The van der Waals surface area contributed by atoms with Crippen LogP contribution in [0, 0.1) is 17.7 Å². The minimum Gasteiger partial charge on any atom is -0.329 e. The largest absolute Gasteiger partial charge is 0.329 e. The molecule has 1 aromatic heterocycles. The number of nitrogens with zero attached hydrogens (tertiary/aromatic N) is 3. The maximum absolute atomic E-state index is 11.2. The van der Waals surface area contributed by atoms with Crippen molar-refractivity contribution in [1.29, 1.82) is 10.8 Å². The molecule has 6 heteroatoms. The predicted molar refractivity (Wildman–Crippen MR) is 120 cm³/mol. The van der Waals surface area contributed by atoms with Gasteiger partial charge in [-0.05, 0) is 42.3 Å². The van der Waals surface area contributed by atoms with E-state index in [2.05, 4.69) is 48.3 Å². The van der Waals surface area contributed by atoms with Crippen LogP contribution in [0.2, 0.25) is 0 Å². The topological polar surface area (TPSA) is 85.8 Å². The van der Waals surface area contributed by atoms with Crippen molar-refractivity contribution in [3.8, 4) is 11.1 Å². The maximum Gasteiger partial charge on any atom is 0.229 e. The van der Waals surface area contributed by atoms with Crippen LogP contribution in [-0.2, 0) is 0 Å². The molecule has 0 aliphatic heterocycles. The molecule has 0 saturated carbocycles. The number of carbonyl (C=O) groups excluding carboxylic acids is 1. The van der Waals surface area contributed by atoms with Crippen molar-refractivity contribution in [2.75, 3.05) is 11.9 Å². The first-order chi connectivity index (χ1) is 14.5. The second kappa shape index (κ2) is 7.75. The van der Waals surface area contributed by atoms with E-state index in [-0.39, 0.29) is 5.62 Å². The van der Waals surface area contributed by atoms with E-state index in [0.29, 0.717) is 16.9 Å². The summed E-state index contributed by atoms with van der Waals surface area (Å²) in [7, 11) is 1.90. The number of carbonyl (C=O) groups is 1. The maximum atomic E-state index is 11.2. The van der Waals surface area contributed by atoms with Crippen molar-refractivity contribution in [1.82, 2.24) is 9.55 Å². The first-order valence-corrected chi connectivity index (χ1v) is 9.49. The molecule has 30 heavy (non-hydrogen) atoms.